The summed E-state index contributed by atoms with van der Waals surface area (Å²) in [6.07, 6.45) is 5.51. The van der Waals surface area contributed by atoms with E-state index in [4.69, 9.17) is 5.26 Å². The molecule has 0 atom stereocenters. The summed E-state index contributed by atoms with van der Waals surface area (Å²) in [5.74, 6) is 0. The molecule has 0 aliphatic heterocycles. The van der Waals surface area contributed by atoms with Crippen LogP contribution in [0.15, 0.2) is 12.4 Å². The average Bonchev–Trinajstić information content (AvgIpc) is 2.18. The normalized spacial score (nSPS) is 18.3. The molecule has 0 bridgehead atoms. The molecule has 72 valence electrons. The highest BCUT2D eigenvalue weighted by Gasteiger charge is 2.40. The average molecular weight is 187 g/mol. The van der Waals surface area contributed by atoms with Crippen molar-refractivity contribution < 1.29 is 0 Å². The Hall–Kier alpha value is -1.43. The monoisotopic (exact) mass is 187 g/mol. The van der Waals surface area contributed by atoms with Crippen LogP contribution in [0.3, 0.4) is 0 Å². The van der Waals surface area contributed by atoms with Crippen LogP contribution in [0.5, 0.6) is 0 Å². The Morgan fingerprint density at radius 1 is 1.50 bits per heavy atom. The van der Waals surface area contributed by atoms with Crippen molar-refractivity contribution in [1.29, 1.82) is 5.26 Å². The molecule has 0 unspecified atom stereocenters. The van der Waals surface area contributed by atoms with Gasteiger partial charge in [0, 0.05) is 5.69 Å². The SMILES string of the molecule is CCc1cc(C2(C#N)CCC2)ncn1. The lowest BCUT2D eigenvalue weighted by Crippen LogP contribution is -2.33. The second-order valence-electron chi connectivity index (χ2n) is 3.80. The summed E-state index contributed by atoms with van der Waals surface area (Å²) < 4.78 is 0. The van der Waals surface area contributed by atoms with Crippen LogP contribution in [0.1, 0.15) is 37.6 Å². The number of aryl methyl sites for hydroxylation is 1. The van der Waals surface area contributed by atoms with Gasteiger partial charge in [0.2, 0.25) is 0 Å². The standard InChI is InChI=1S/C11H13N3/c1-2-9-6-10(14-8-13-9)11(7-12)4-3-5-11/h6,8H,2-5H2,1H3. The van der Waals surface area contributed by atoms with Crippen LogP contribution < -0.4 is 0 Å². The first-order valence-electron chi connectivity index (χ1n) is 5.03. The fraction of sp³-hybridized carbons (Fsp3) is 0.545. The van der Waals surface area contributed by atoms with E-state index in [1.54, 1.807) is 6.33 Å². The molecule has 0 amide bonds. The van der Waals surface area contributed by atoms with Gasteiger partial charge in [-0.05, 0) is 31.7 Å². The predicted octanol–water partition coefficient (Wildman–Crippen LogP) is 1.98. The van der Waals surface area contributed by atoms with Gasteiger partial charge < -0.3 is 0 Å². The second kappa shape index (κ2) is 3.38. The summed E-state index contributed by atoms with van der Waals surface area (Å²) in [7, 11) is 0. The topological polar surface area (TPSA) is 49.6 Å². The Morgan fingerprint density at radius 2 is 2.29 bits per heavy atom. The third-order valence-corrected chi connectivity index (χ3v) is 3.00. The van der Waals surface area contributed by atoms with E-state index in [1.807, 2.05) is 6.07 Å². The minimum Gasteiger partial charge on any atom is -0.241 e. The molecule has 1 aliphatic rings. The van der Waals surface area contributed by atoms with Crippen molar-refractivity contribution in [3.05, 3.63) is 23.8 Å². The molecule has 2 rings (SSSR count). The molecule has 0 saturated heterocycles. The lowest BCUT2D eigenvalue weighted by atomic mass is 9.67. The summed E-state index contributed by atoms with van der Waals surface area (Å²) in [5, 5.41) is 9.14. The zero-order valence-corrected chi connectivity index (χ0v) is 8.32. The van der Waals surface area contributed by atoms with E-state index in [9.17, 15) is 0 Å². The molecule has 3 nitrogen and oxygen atoms in total. The first-order valence-corrected chi connectivity index (χ1v) is 5.03. The molecule has 14 heavy (non-hydrogen) atoms. The van der Waals surface area contributed by atoms with Gasteiger partial charge >= 0.3 is 0 Å². The lowest BCUT2D eigenvalue weighted by Gasteiger charge is -2.34. The molecule has 0 N–H and O–H groups in total. The van der Waals surface area contributed by atoms with E-state index >= 15 is 0 Å². The van der Waals surface area contributed by atoms with E-state index in [2.05, 4.69) is 23.0 Å². The smallest absolute Gasteiger partial charge is 0.115 e. The van der Waals surface area contributed by atoms with Gasteiger partial charge in [0.05, 0.1) is 17.2 Å². The first kappa shape index (κ1) is 9.14. The predicted molar refractivity (Wildman–Crippen MR) is 52.6 cm³/mol. The van der Waals surface area contributed by atoms with E-state index < -0.39 is 0 Å². The minimum atomic E-state index is -0.299. The van der Waals surface area contributed by atoms with Gasteiger partial charge in [-0.1, -0.05) is 6.92 Å². The summed E-state index contributed by atoms with van der Waals surface area (Å²) in [6, 6.07) is 4.37. The molecule has 0 spiro atoms. The van der Waals surface area contributed by atoms with Gasteiger partial charge in [-0.25, -0.2) is 9.97 Å². The second-order valence-corrected chi connectivity index (χ2v) is 3.80. The molecule has 3 heteroatoms. The van der Waals surface area contributed by atoms with Crippen molar-refractivity contribution in [3.8, 4) is 6.07 Å². The number of rotatable bonds is 2. The summed E-state index contributed by atoms with van der Waals surface area (Å²) in [6.45, 7) is 2.06. The molecule has 1 saturated carbocycles. The maximum atomic E-state index is 9.14. The highest BCUT2D eigenvalue weighted by Crippen LogP contribution is 2.42. The number of aromatic nitrogens is 2. The van der Waals surface area contributed by atoms with E-state index in [-0.39, 0.29) is 5.41 Å². The third-order valence-electron chi connectivity index (χ3n) is 3.00. The zero-order valence-electron chi connectivity index (χ0n) is 8.32. The summed E-state index contributed by atoms with van der Waals surface area (Å²) >= 11 is 0. The lowest BCUT2D eigenvalue weighted by molar-refractivity contribution is 0.315. The van der Waals surface area contributed by atoms with Crippen LogP contribution in [-0.2, 0) is 11.8 Å². The van der Waals surface area contributed by atoms with E-state index in [1.165, 1.54) is 0 Å². The number of hydrogen-bond acceptors (Lipinski definition) is 3. The molecule has 1 aromatic heterocycles. The van der Waals surface area contributed by atoms with E-state index in [0.29, 0.717) is 0 Å². The maximum Gasteiger partial charge on any atom is 0.115 e. The van der Waals surface area contributed by atoms with Gasteiger partial charge in [-0.15, -0.1) is 0 Å². The quantitative estimate of drug-likeness (QED) is 0.711. The molecule has 0 radical (unpaired) electrons. The van der Waals surface area contributed by atoms with Crippen LogP contribution >= 0.6 is 0 Å². The Kier molecular flexibility index (Phi) is 2.20. The van der Waals surface area contributed by atoms with Crippen LogP contribution in [0.4, 0.5) is 0 Å². The highest BCUT2D eigenvalue weighted by atomic mass is 14.9. The van der Waals surface area contributed by atoms with Crippen molar-refractivity contribution in [2.45, 2.75) is 38.0 Å². The Bertz CT molecular complexity index is 374. The fourth-order valence-electron chi connectivity index (χ4n) is 1.81. The highest BCUT2D eigenvalue weighted by molar-refractivity contribution is 5.30. The van der Waals surface area contributed by atoms with Gasteiger partial charge in [0.15, 0.2) is 0 Å². The molecule has 1 fully saturated rings. The van der Waals surface area contributed by atoms with Gasteiger partial charge in [-0.2, -0.15) is 5.26 Å². The zero-order chi connectivity index (χ0) is 10.0. The number of nitriles is 1. The molecule has 1 aromatic rings. The van der Waals surface area contributed by atoms with Crippen LogP contribution in [0, 0.1) is 11.3 Å². The Labute approximate surface area is 83.8 Å². The van der Waals surface area contributed by atoms with Crippen molar-refractivity contribution in [2.24, 2.45) is 0 Å². The van der Waals surface area contributed by atoms with Crippen LogP contribution in [0.25, 0.3) is 0 Å². The molecular weight excluding hydrogens is 174 g/mol. The Balaban J connectivity index is 2.36. The number of nitrogens with zero attached hydrogens (tertiary/aromatic N) is 3. The minimum absolute atomic E-state index is 0.299. The number of hydrogen-bond donors (Lipinski definition) is 0. The van der Waals surface area contributed by atoms with Crippen molar-refractivity contribution in [3.63, 3.8) is 0 Å². The molecular formula is C11H13N3. The van der Waals surface area contributed by atoms with Gasteiger partial charge in [0.1, 0.15) is 6.33 Å². The van der Waals surface area contributed by atoms with Crippen molar-refractivity contribution in [1.82, 2.24) is 9.97 Å². The fourth-order valence-corrected chi connectivity index (χ4v) is 1.81. The third kappa shape index (κ3) is 1.27. The molecule has 0 aromatic carbocycles. The van der Waals surface area contributed by atoms with Crippen LogP contribution in [-0.4, -0.2) is 9.97 Å². The Morgan fingerprint density at radius 3 is 2.79 bits per heavy atom. The van der Waals surface area contributed by atoms with Crippen molar-refractivity contribution in [2.75, 3.05) is 0 Å². The maximum absolute atomic E-state index is 9.14. The van der Waals surface area contributed by atoms with Gasteiger partial charge in [-0.3, -0.25) is 0 Å². The van der Waals surface area contributed by atoms with Crippen LogP contribution in [0.2, 0.25) is 0 Å². The summed E-state index contributed by atoms with van der Waals surface area (Å²) in [5.41, 5.74) is 1.64. The van der Waals surface area contributed by atoms with E-state index in [0.717, 1.165) is 37.1 Å². The molecule has 1 aliphatic carbocycles. The van der Waals surface area contributed by atoms with Crippen molar-refractivity contribution >= 4 is 0 Å². The largest absolute Gasteiger partial charge is 0.241 e. The van der Waals surface area contributed by atoms with Gasteiger partial charge in [0.25, 0.3) is 0 Å². The molecule has 1 heterocycles. The first-order chi connectivity index (χ1) is 6.80. The summed E-state index contributed by atoms with van der Waals surface area (Å²) in [4.78, 5) is 8.36.